The van der Waals surface area contributed by atoms with Gasteiger partial charge in [0.2, 0.25) is 0 Å². The molecular weight excluding hydrogens is 248 g/mol. The molecule has 0 spiro atoms. The van der Waals surface area contributed by atoms with Crippen LogP contribution in [0.25, 0.3) is 11.4 Å². The molecule has 0 amide bonds. The number of H-pyrrole nitrogens is 1. The first-order valence-corrected chi connectivity index (χ1v) is 7.50. The summed E-state index contributed by atoms with van der Waals surface area (Å²) in [6.07, 6.45) is 5.65. The highest BCUT2D eigenvalue weighted by Gasteiger charge is 2.10. The van der Waals surface area contributed by atoms with Gasteiger partial charge < -0.3 is 5.73 Å². The largest absolute Gasteiger partial charge is 0.330 e. The third-order valence-corrected chi connectivity index (χ3v) is 3.62. The molecule has 1 aromatic heterocycles. The lowest BCUT2D eigenvalue weighted by atomic mass is 9.94. The Labute approximate surface area is 120 Å². The maximum absolute atomic E-state index is 5.67. The van der Waals surface area contributed by atoms with E-state index in [1.165, 1.54) is 12.8 Å². The van der Waals surface area contributed by atoms with E-state index in [0.29, 0.717) is 5.92 Å². The number of aromatic nitrogens is 3. The summed E-state index contributed by atoms with van der Waals surface area (Å²) in [5, 5.41) is 7.35. The number of nitrogens with two attached hydrogens (primary N) is 1. The van der Waals surface area contributed by atoms with Crippen molar-refractivity contribution in [2.24, 2.45) is 11.7 Å². The Kier molecular flexibility index (Phi) is 5.74. The molecule has 4 heteroatoms. The van der Waals surface area contributed by atoms with Gasteiger partial charge in [-0.05, 0) is 25.3 Å². The zero-order valence-electron chi connectivity index (χ0n) is 12.2. The summed E-state index contributed by atoms with van der Waals surface area (Å²) in [4.78, 5) is 4.57. The van der Waals surface area contributed by atoms with Crippen molar-refractivity contribution in [3.05, 3.63) is 36.2 Å². The monoisotopic (exact) mass is 272 g/mol. The average Bonchev–Trinajstić information content (AvgIpc) is 2.95. The molecule has 0 aliphatic heterocycles. The molecule has 0 fully saturated rings. The quantitative estimate of drug-likeness (QED) is 0.775. The molecule has 2 rings (SSSR count). The van der Waals surface area contributed by atoms with Gasteiger partial charge in [-0.25, -0.2) is 4.98 Å². The van der Waals surface area contributed by atoms with E-state index < -0.39 is 0 Å². The van der Waals surface area contributed by atoms with Crippen LogP contribution in [0, 0.1) is 5.92 Å². The van der Waals surface area contributed by atoms with E-state index in [0.717, 1.165) is 43.0 Å². The van der Waals surface area contributed by atoms with Crippen LogP contribution in [0.2, 0.25) is 0 Å². The predicted octanol–water partition coefficient (Wildman–Crippen LogP) is 3.17. The fourth-order valence-corrected chi connectivity index (χ4v) is 2.54. The first-order chi connectivity index (χ1) is 9.83. The summed E-state index contributed by atoms with van der Waals surface area (Å²) in [7, 11) is 0. The van der Waals surface area contributed by atoms with Gasteiger partial charge in [-0.3, -0.25) is 5.10 Å². The molecule has 3 N–H and O–H groups in total. The second-order valence-electron chi connectivity index (χ2n) is 5.24. The minimum atomic E-state index is 0.704. The highest BCUT2D eigenvalue weighted by molar-refractivity contribution is 5.53. The van der Waals surface area contributed by atoms with Crippen LogP contribution in [0.1, 0.15) is 38.4 Å². The summed E-state index contributed by atoms with van der Waals surface area (Å²) in [5.74, 6) is 2.46. The fraction of sp³-hybridized carbons (Fsp3) is 0.500. The molecule has 0 aliphatic rings. The molecular formula is C16H24N4. The minimum absolute atomic E-state index is 0.704. The zero-order valence-corrected chi connectivity index (χ0v) is 12.2. The lowest BCUT2D eigenvalue weighted by molar-refractivity contribution is 0.418. The number of nitrogens with one attached hydrogen (secondary N) is 1. The SMILES string of the molecule is CCCC(CCN)CCc1nc(-c2ccccc2)n[nH]1. The van der Waals surface area contributed by atoms with Crippen LogP contribution in [0.4, 0.5) is 0 Å². The van der Waals surface area contributed by atoms with Gasteiger partial charge in [-0.15, -0.1) is 0 Å². The Hall–Kier alpha value is -1.68. The number of hydrogen-bond donors (Lipinski definition) is 2. The molecule has 1 atom stereocenters. The third kappa shape index (κ3) is 4.17. The highest BCUT2D eigenvalue weighted by Crippen LogP contribution is 2.18. The van der Waals surface area contributed by atoms with Crippen molar-refractivity contribution < 1.29 is 0 Å². The van der Waals surface area contributed by atoms with Gasteiger partial charge in [0.05, 0.1) is 0 Å². The summed E-state index contributed by atoms with van der Waals surface area (Å²) in [5.41, 5.74) is 6.73. The van der Waals surface area contributed by atoms with Crippen LogP contribution in [-0.2, 0) is 6.42 Å². The fourth-order valence-electron chi connectivity index (χ4n) is 2.54. The Morgan fingerprint density at radius 1 is 1.15 bits per heavy atom. The van der Waals surface area contributed by atoms with Crippen LogP contribution < -0.4 is 5.73 Å². The van der Waals surface area contributed by atoms with E-state index in [1.54, 1.807) is 0 Å². The van der Waals surface area contributed by atoms with Gasteiger partial charge in [0.15, 0.2) is 5.82 Å². The second-order valence-corrected chi connectivity index (χ2v) is 5.24. The molecule has 0 saturated heterocycles. The number of aryl methyl sites for hydroxylation is 1. The number of benzene rings is 1. The lowest BCUT2D eigenvalue weighted by Gasteiger charge is -2.13. The first-order valence-electron chi connectivity index (χ1n) is 7.50. The standard InChI is InChI=1S/C16H24N4/c1-2-6-13(11-12-17)9-10-15-18-16(20-19-15)14-7-4-3-5-8-14/h3-5,7-8,13H,2,6,9-12,17H2,1H3,(H,18,19,20). The van der Waals surface area contributed by atoms with Crippen molar-refractivity contribution in [3.63, 3.8) is 0 Å². The maximum atomic E-state index is 5.67. The molecule has 0 radical (unpaired) electrons. The molecule has 0 bridgehead atoms. The lowest BCUT2D eigenvalue weighted by Crippen LogP contribution is -2.10. The minimum Gasteiger partial charge on any atom is -0.330 e. The van der Waals surface area contributed by atoms with Gasteiger partial charge in [-0.1, -0.05) is 50.1 Å². The molecule has 1 unspecified atom stereocenters. The first kappa shape index (κ1) is 14.7. The average molecular weight is 272 g/mol. The molecule has 2 aromatic rings. The second kappa shape index (κ2) is 7.80. The molecule has 108 valence electrons. The van der Waals surface area contributed by atoms with Gasteiger partial charge in [0, 0.05) is 12.0 Å². The maximum Gasteiger partial charge on any atom is 0.181 e. The van der Waals surface area contributed by atoms with Crippen molar-refractivity contribution in [3.8, 4) is 11.4 Å². The van der Waals surface area contributed by atoms with Crippen molar-refractivity contribution in [1.82, 2.24) is 15.2 Å². The number of hydrogen-bond acceptors (Lipinski definition) is 3. The van der Waals surface area contributed by atoms with Crippen LogP contribution in [-0.4, -0.2) is 21.7 Å². The van der Waals surface area contributed by atoms with E-state index in [1.807, 2.05) is 30.3 Å². The third-order valence-electron chi connectivity index (χ3n) is 3.62. The van der Waals surface area contributed by atoms with E-state index in [-0.39, 0.29) is 0 Å². The topological polar surface area (TPSA) is 67.6 Å². The Morgan fingerprint density at radius 3 is 2.65 bits per heavy atom. The van der Waals surface area contributed by atoms with Crippen LogP contribution in [0.15, 0.2) is 30.3 Å². The summed E-state index contributed by atoms with van der Waals surface area (Å²) in [6, 6.07) is 10.1. The van der Waals surface area contributed by atoms with Crippen molar-refractivity contribution in [2.45, 2.75) is 39.0 Å². The number of aromatic amines is 1. The predicted molar refractivity (Wildman–Crippen MR) is 82.2 cm³/mol. The highest BCUT2D eigenvalue weighted by atomic mass is 15.2. The number of rotatable bonds is 8. The van der Waals surface area contributed by atoms with E-state index >= 15 is 0 Å². The van der Waals surface area contributed by atoms with Crippen molar-refractivity contribution >= 4 is 0 Å². The zero-order chi connectivity index (χ0) is 14.2. The molecule has 1 heterocycles. The normalized spacial score (nSPS) is 12.5. The van der Waals surface area contributed by atoms with Crippen LogP contribution >= 0.6 is 0 Å². The molecule has 0 saturated carbocycles. The van der Waals surface area contributed by atoms with Gasteiger partial charge in [-0.2, -0.15) is 5.10 Å². The molecule has 4 nitrogen and oxygen atoms in total. The summed E-state index contributed by atoms with van der Waals surface area (Å²) < 4.78 is 0. The molecule has 0 aliphatic carbocycles. The van der Waals surface area contributed by atoms with Gasteiger partial charge in [0.1, 0.15) is 5.82 Å². The molecule has 1 aromatic carbocycles. The Balaban J connectivity index is 1.92. The van der Waals surface area contributed by atoms with Crippen LogP contribution in [0.3, 0.4) is 0 Å². The summed E-state index contributed by atoms with van der Waals surface area (Å²) in [6.45, 7) is 3.00. The molecule has 20 heavy (non-hydrogen) atoms. The van der Waals surface area contributed by atoms with Crippen LogP contribution in [0.5, 0.6) is 0 Å². The van der Waals surface area contributed by atoms with E-state index in [4.69, 9.17) is 5.73 Å². The van der Waals surface area contributed by atoms with Gasteiger partial charge >= 0.3 is 0 Å². The van der Waals surface area contributed by atoms with E-state index in [9.17, 15) is 0 Å². The summed E-state index contributed by atoms with van der Waals surface area (Å²) >= 11 is 0. The van der Waals surface area contributed by atoms with Crippen molar-refractivity contribution in [1.29, 1.82) is 0 Å². The Morgan fingerprint density at radius 2 is 1.95 bits per heavy atom. The Bertz CT molecular complexity index is 486. The van der Waals surface area contributed by atoms with E-state index in [2.05, 4.69) is 22.1 Å². The van der Waals surface area contributed by atoms with Gasteiger partial charge in [0.25, 0.3) is 0 Å². The number of nitrogens with zero attached hydrogens (tertiary/aromatic N) is 2. The van der Waals surface area contributed by atoms with Crippen molar-refractivity contribution in [2.75, 3.05) is 6.54 Å². The smallest absolute Gasteiger partial charge is 0.181 e.